The molecular weight excluding hydrogens is 250 g/mol. The molecule has 20 heavy (non-hydrogen) atoms. The lowest BCUT2D eigenvalue weighted by atomic mass is 10.1. The van der Waals surface area contributed by atoms with Gasteiger partial charge in [-0.2, -0.15) is 0 Å². The number of carbonyl (C=O) groups excluding carboxylic acids is 1. The Morgan fingerprint density at radius 3 is 2.75 bits per heavy atom. The number of amides is 1. The second kappa shape index (κ2) is 5.44. The molecule has 2 aliphatic heterocycles. The van der Waals surface area contributed by atoms with Gasteiger partial charge in [0.05, 0.1) is 6.54 Å². The molecule has 108 valence electrons. The Kier molecular flexibility index (Phi) is 3.66. The van der Waals surface area contributed by atoms with Crippen LogP contribution in [0.2, 0.25) is 0 Å². The van der Waals surface area contributed by atoms with Gasteiger partial charge >= 0.3 is 0 Å². The zero-order valence-corrected chi connectivity index (χ0v) is 12.4. The summed E-state index contributed by atoms with van der Waals surface area (Å²) in [6.45, 7) is 3.74. The molecule has 3 rings (SSSR count). The van der Waals surface area contributed by atoms with Crippen molar-refractivity contribution in [3.8, 4) is 0 Å². The van der Waals surface area contributed by atoms with Gasteiger partial charge in [-0.25, -0.2) is 0 Å². The van der Waals surface area contributed by atoms with Crippen LogP contribution in [0.15, 0.2) is 18.2 Å². The molecule has 0 N–H and O–H groups in total. The average Bonchev–Trinajstić information content (AvgIpc) is 3.08. The minimum Gasteiger partial charge on any atom is -0.374 e. The van der Waals surface area contributed by atoms with Gasteiger partial charge in [-0.05, 0) is 50.0 Å². The second-order valence-electron chi connectivity index (χ2n) is 5.92. The molecule has 1 aromatic carbocycles. The first kappa shape index (κ1) is 13.4. The Labute approximate surface area is 121 Å². The monoisotopic (exact) mass is 273 g/mol. The summed E-state index contributed by atoms with van der Waals surface area (Å²) < 4.78 is 0. The number of fused-ring (bicyclic) bond motifs is 1. The fourth-order valence-electron chi connectivity index (χ4n) is 3.12. The Morgan fingerprint density at radius 2 is 2.00 bits per heavy atom. The summed E-state index contributed by atoms with van der Waals surface area (Å²) in [5.74, 6) is 0.188. The third kappa shape index (κ3) is 2.52. The molecular formula is C16H23N3O. The van der Waals surface area contributed by atoms with Crippen LogP contribution in [0, 0.1) is 0 Å². The van der Waals surface area contributed by atoms with E-state index < -0.39 is 0 Å². The summed E-state index contributed by atoms with van der Waals surface area (Å²) in [5, 5.41) is 0. The number of nitrogens with zero attached hydrogens (tertiary/aromatic N) is 3. The van der Waals surface area contributed by atoms with Crippen LogP contribution in [0.4, 0.5) is 11.4 Å². The summed E-state index contributed by atoms with van der Waals surface area (Å²) in [7, 11) is 4.00. The van der Waals surface area contributed by atoms with E-state index in [1.165, 1.54) is 24.1 Å². The highest BCUT2D eigenvalue weighted by atomic mass is 16.2. The van der Waals surface area contributed by atoms with Crippen molar-refractivity contribution in [2.24, 2.45) is 0 Å². The van der Waals surface area contributed by atoms with Crippen molar-refractivity contribution in [3.05, 3.63) is 23.8 Å². The van der Waals surface area contributed by atoms with Gasteiger partial charge in [-0.15, -0.1) is 0 Å². The van der Waals surface area contributed by atoms with Crippen LogP contribution in [-0.4, -0.2) is 51.1 Å². The summed E-state index contributed by atoms with van der Waals surface area (Å²) in [5.41, 5.74) is 3.65. The van der Waals surface area contributed by atoms with Crippen LogP contribution in [0.5, 0.6) is 0 Å². The van der Waals surface area contributed by atoms with Gasteiger partial charge in [0.25, 0.3) is 0 Å². The number of rotatable bonds is 3. The van der Waals surface area contributed by atoms with Gasteiger partial charge in [0.2, 0.25) is 5.91 Å². The minimum atomic E-state index is 0.188. The van der Waals surface area contributed by atoms with Gasteiger partial charge in [-0.1, -0.05) is 6.07 Å². The van der Waals surface area contributed by atoms with Crippen molar-refractivity contribution in [1.29, 1.82) is 0 Å². The molecule has 4 nitrogen and oxygen atoms in total. The Balaban J connectivity index is 1.71. The third-order valence-electron chi connectivity index (χ3n) is 4.52. The number of likely N-dealkylation sites (tertiary alicyclic amines) is 1. The highest BCUT2D eigenvalue weighted by molar-refractivity contribution is 5.95. The molecule has 0 aliphatic carbocycles. The lowest BCUT2D eigenvalue weighted by molar-refractivity contribution is -0.119. The summed E-state index contributed by atoms with van der Waals surface area (Å²) >= 11 is 0. The van der Waals surface area contributed by atoms with Gasteiger partial charge in [0, 0.05) is 32.0 Å². The van der Waals surface area contributed by atoms with E-state index in [-0.39, 0.29) is 5.91 Å². The highest BCUT2D eigenvalue weighted by Gasteiger charge is 2.21. The molecule has 0 aromatic heterocycles. The normalized spacial score (nSPS) is 18.4. The van der Waals surface area contributed by atoms with Gasteiger partial charge < -0.3 is 9.80 Å². The molecule has 2 aliphatic rings. The third-order valence-corrected chi connectivity index (χ3v) is 4.52. The smallest absolute Gasteiger partial charge is 0.240 e. The molecule has 0 spiro atoms. The maximum Gasteiger partial charge on any atom is 0.240 e. The molecule has 4 heteroatoms. The fourth-order valence-corrected chi connectivity index (χ4v) is 3.12. The largest absolute Gasteiger partial charge is 0.374 e. The second-order valence-corrected chi connectivity index (χ2v) is 5.92. The average molecular weight is 273 g/mol. The summed E-state index contributed by atoms with van der Waals surface area (Å²) in [6, 6.07) is 6.37. The van der Waals surface area contributed by atoms with E-state index in [0.717, 1.165) is 31.7 Å². The molecule has 0 radical (unpaired) electrons. The maximum absolute atomic E-state index is 12.4. The molecule has 1 fully saturated rings. The molecule has 0 bridgehead atoms. The Bertz CT molecular complexity index is 508. The molecule has 0 atom stereocenters. The number of likely N-dealkylation sites (N-methyl/N-ethyl adjacent to an activating group) is 2. The first-order valence-corrected chi connectivity index (χ1v) is 7.48. The minimum absolute atomic E-state index is 0.188. The maximum atomic E-state index is 12.4. The standard InChI is InChI=1S/C16H23N3O/c1-17-10-7-13-5-6-14(11-15(13)17)18(2)16(20)12-19-8-3-4-9-19/h5-6,11H,3-4,7-10,12H2,1-2H3. The van der Waals surface area contributed by atoms with Crippen LogP contribution < -0.4 is 9.80 Å². The summed E-state index contributed by atoms with van der Waals surface area (Å²) in [4.78, 5) is 18.7. The van der Waals surface area contributed by atoms with E-state index in [1.807, 2.05) is 7.05 Å². The van der Waals surface area contributed by atoms with Crippen LogP contribution in [0.25, 0.3) is 0 Å². The predicted octanol–water partition coefficient (Wildman–Crippen LogP) is 1.74. The highest BCUT2D eigenvalue weighted by Crippen LogP contribution is 2.30. The SMILES string of the molecule is CN1CCc2ccc(N(C)C(=O)CN3CCCC3)cc21. The van der Waals surface area contributed by atoms with E-state index in [9.17, 15) is 4.79 Å². The molecule has 1 saturated heterocycles. The van der Waals surface area contributed by atoms with Crippen LogP contribution in [0.3, 0.4) is 0 Å². The lowest BCUT2D eigenvalue weighted by Gasteiger charge is -2.22. The van der Waals surface area contributed by atoms with Crippen molar-refractivity contribution in [3.63, 3.8) is 0 Å². The lowest BCUT2D eigenvalue weighted by Crippen LogP contribution is -2.37. The number of anilines is 2. The van der Waals surface area contributed by atoms with Crippen molar-refractivity contribution in [2.45, 2.75) is 19.3 Å². The molecule has 2 heterocycles. The zero-order chi connectivity index (χ0) is 14.1. The fraction of sp³-hybridized carbons (Fsp3) is 0.562. The van der Waals surface area contributed by atoms with E-state index in [1.54, 1.807) is 4.90 Å². The first-order valence-electron chi connectivity index (χ1n) is 7.48. The van der Waals surface area contributed by atoms with E-state index in [4.69, 9.17) is 0 Å². The van der Waals surface area contributed by atoms with Crippen molar-refractivity contribution in [2.75, 3.05) is 50.1 Å². The van der Waals surface area contributed by atoms with Crippen LogP contribution in [0.1, 0.15) is 18.4 Å². The first-order chi connectivity index (χ1) is 9.65. The Hall–Kier alpha value is -1.55. The van der Waals surface area contributed by atoms with Crippen molar-refractivity contribution >= 4 is 17.3 Å². The topological polar surface area (TPSA) is 26.8 Å². The van der Waals surface area contributed by atoms with Gasteiger partial charge in [0.1, 0.15) is 0 Å². The predicted molar refractivity (Wildman–Crippen MR) is 82.5 cm³/mol. The number of carbonyl (C=O) groups is 1. The van der Waals surface area contributed by atoms with E-state index in [2.05, 4.69) is 35.0 Å². The van der Waals surface area contributed by atoms with E-state index >= 15 is 0 Å². The number of hydrogen-bond donors (Lipinski definition) is 0. The Morgan fingerprint density at radius 1 is 1.25 bits per heavy atom. The molecule has 1 aromatic rings. The van der Waals surface area contributed by atoms with Crippen LogP contribution in [-0.2, 0) is 11.2 Å². The summed E-state index contributed by atoms with van der Waals surface area (Å²) in [6.07, 6.45) is 3.55. The van der Waals surface area contributed by atoms with Crippen molar-refractivity contribution in [1.82, 2.24) is 4.90 Å². The van der Waals surface area contributed by atoms with Gasteiger partial charge in [0.15, 0.2) is 0 Å². The zero-order valence-electron chi connectivity index (χ0n) is 12.4. The molecule has 1 amide bonds. The van der Waals surface area contributed by atoms with E-state index in [0.29, 0.717) is 6.54 Å². The molecule has 0 unspecified atom stereocenters. The number of benzene rings is 1. The quantitative estimate of drug-likeness (QED) is 0.839. The van der Waals surface area contributed by atoms with Crippen molar-refractivity contribution < 1.29 is 4.79 Å². The van der Waals surface area contributed by atoms with Gasteiger partial charge in [-0.3, -0.25) is 9.69 Å². The van der Waals surface area contributed by atoms with Crippen LogP contribution >= 0.6 is 0 Å². The molecule has 0 saturated carbocycles. The number of hydrogen-bond acceptors (Lipinski definition) is 3.